The highest BCUT2D eigenvalue weighted by atomic mass is 16.5. The van der Waals surface area contributed by atoms with Crippen LogP contribution in [0.3, 0.4) is 0 Å². The van der Waals surface area contributed by atoms with Gasteiger partial charge in [0.05, 0.1) is 6.10 Å². The molecule has 0 amide bonds. The fourth-order valence-electron chi connectivity index (χ4n) is 0.415. The minimum Gasteiger partial charge on any atom is -0.377 e. The SMILES string of the molecule is CCOC(C)[C@H](C)N. The predicted molar refractivity (Wildman–Crippen MR) is 34.7 cm³/mol. The zero-order valence-corrected chi connectivity index (χ0v) is 5.85. The Balaban J connectivity index is 3.17. The molecule has 8 heavy (non-hydrogen) atoms. The Hall–Kier alpha value is -0.0800. The van der Waals surface area contributed by atoms with Gasteiger partial charge in [0, 0.05) is 12.6 Å². The molecule has 50 valence electrons. The molecule has 1 unspecified atom stereocenters. The summed E-state index contributed by atoms with van der Waals surface area (Å²) in [5, 5.41) is 0. The van der Waals surface area contributed by atoms with Gasteiger partial charge in [-0.2, -0.15) is 0 Å². The third-order valence-electron chi connectivity index (χ3n) is 1.17. The van der Waals surface area contributed by atoms with Crippen LogP contribution in [0, 0.1) is 0 Å². The van der Waals surface area contributed by atoms with Crippen LogP contribution in [-0.4, -0.2) is 18.8 Å². The molecular formula is C6H15NO. The monoisotopic (exact) mass is 117 g/mol. The van der Waals surface area contributed by atoms with Crippen molar-refractivity contribution in [2.75, 3.05) is 6.61 Å². The van der Waals surface area contributed by atoms with Gasteiger partial charge in [-0.1, -0.05) is 0 Å². The summed E-state index contributed by atoms with van der Waals surface area (Å²) in [4.78, 5) is 0. The standard InChI is InChI=1S/C6H15NO/c1-4-8-6(3)5(2)7/h5-6H,4,7H2,1-3H3/t5-,6?/m0/s1. The third-order valence-corrected chi connectivity index (χ3v) is 1.17. The van der Waals surface area contributed by atoms with Crippen molar-refractivity contribution in [3.63, 3.8) is 0 Å². The Bertz CT molecular complexity index is 54.5. The molecule has 0 aliphatic heterocycles. The number of ether oxygens (including phenoxy) is 1. The maximum atomic E-state index is 5.50. The fraction of sp³-hybridized carbons (Fsp3) is 1.00. The van der Waals surface area contributed by atoms with Crippen LogP contribution >= 0.6 is 0 Å². The van der Waals surface area contributed by atoms with E-state index in [1.54, 1.807) is 0 Å². The second-order valence-corrected chi connectivity index (χ2v) is 2.02. The summed E-state index contributed by atoms with van der Waals surface area (Å²) in [6, 6.07) is 0.148. The lowest BCUT2D eigenvalue weighted by atomic mass is 10.2. The predicted octanol–water partition coefficient (Wildman–Crippen LogP) is 0.759. The van der Waals surface area contributed by atoms with Crippen LogP contribution in [0.15, 0.2) is 0 Å². The first kappa shape index (κ1) is 7.92. The average Bonchev–Trinajstić information content (AvgIpc) is 1.67. The molecule has 0 rings (SSSR count). The average molecular weight is 117 g/mol. The number of rotatable bonds is 3. The first-order valence-corrected chi connectivity index (χ1v) is 3.05. The van der Waals surface area contributed by atoms with Gasteiger partial charge in [0.1, 0.15) is 0 Å². The van der Waals surface area contributed by atoms with Gasteiger partial charge in [-0.05, 0) is 20.8 Å². The Kier molecular flexibility index (Phi) is 3.83. The quantitative estimate of drug-likeness (QED) is 0.592. The molecule has 2 heteroatoms. The lowest BCUT2D eigenvalue weighted by Crippen LogP contribution is -2.31. The molecule has 0 radical (unpaired) electrons. The van der Waals surface area contributed by atoms with Crippen LogP contribution in [0.5, 0.6) is 0 Å². The minimum absolute atomic E-state index is 0.148. The van der Waals surface area contributed by atoms with Gasteiger partial charge in [-0.15, -0.1) is 0 Å². The zero-order chi connectivity index (χ0) is 6.57. The highest BCUT2D eigenvalue weighted by molar-refractivity contribution is 4.60. The molecule has 0 aliphatic rings. The largest absolute Gasteiger partial charge is 0.377 e. The Labute approximate surface area is 51.0 Å². The molecule has 2 nitrogen and oxygen atoms in total. The summed E-state index contributed by atoms with van der Waals surface area (Å²) in [6.07, 6.45) is 0.194. The molecule has 0 saturated carbocycles. The number of hydrogen-bond donors (Lipinski definition) is 1. The van der Waals surface area contributed by atoms with Crippen LogP contribution in [0.4, 0.5) is 0 Å². The first-order chi connectivity index (χ1) is 3.68. The zero-order valence-electron chi connectivity index (χ0n) is 5.85. The van der Waals surface area contributed by atoms with Crippen molar-refractivity contribution in [3.8, 4) is 0 Å². The van der Waals surface area contributed by atoms with E-state index >= 15 is 0 Å². The fourth-order valence-corrected chi connectivity index (χ4v) is 0.415. The molecule has 0 aromatic rings. The van der Waals surface area contributed by atoms with Gasteiger partial charge in [0.2, 0.25) is 0 Å². The molecule has 0 aromatic carbocycles. The molecule has 2 atom stereocenters. The van der Waals surface area contributed by atoms with Gasteiger partial charge in [-0.3, -0.25) is 0 Å². The van der Waals surface area contributed by atoms with Crippen LogP contribution in [0.2, 0.25) is 0 Å². The minimum atomic E-state index is 0.148. The van der Waals surface area contributed by atoms with E-state index in [1.165, 1.54) is 0 Å². The van der Waals surface area contributed by atoms with Gasteiger partial charge < -0.3 is 10.5 Å². The highest BCUT2D eigenvalue weighted by Gasteiger charge is 2.04. The second-order valence-electron chi connectivity index (χ2n) is 2.02. The van der Waals surface area contributed by atoms with E-state index in [9.17, 15) is 0 Å². The topological polar surface area (TPSA) is 35.2 Å². The summed E-state index contributed by atoms with van der Waals surface area (Å²) < 4.78 is 5.18. The van der Waals surface area contributed by atoms with E-state index in [-0.39, 0.29) is 12.1 Å². The maximum Gasteiger partial charge on any atom is 0.0694 e. The summed E-state index contributed by atoms with van der Waals surface area (Å²) in [7, 11) is 0. The lowest BCUT2D eigenvalue weighted by Gasteiger charge is -2.14. The van der Waals surface area contributed by atoms with E-state index in [0.29, 0.717) is 0 Å². The summed E-state index contributed by atoms with van der Waals surface area (Å²) >= 11 is 0. The first-order valence-electron chi connectivity index (χ1n) is 3.05. The van der Waals surface area contributed by atoms with Gasteiger partial charge in [-0.25, -0.2) is 0 Å². The Morgan fingerprint density at radius 2 is 2.00 bits per heavy atom. The van der Waals surface area contributed by atoms with Crippen molar-refractivity contribution in [1.82, 2.24) is 0 Å². The normalized spacial score (nSPS) is 18.0. The van der Waals surface area contributed by atoms with Crippen LogP contribution in [-0.2, 0) is 4.74 Å². The summed E-state index contributed by atoms with van der Waals surface area (Å²) in [5.74, 6) is 0. The third kappa shape index (κ3) is 2.99. The number of nitrogens with two attached hydrogens (primary N) is 1. The Morgan fingerprint density at radius 1 is 1.50 bits per heavy atom. The van der Waals surface area contributed by atoms with E-state index in [1.807, 2.05) is 20.8 Å². The molecule has 0 bridgehead atoms. The molecular weight excluding hydrogens is 102 g/mol. The lowest BCUT2D eigenvalue weighted by molar-refractivity contribution is 0.0618. The molecule has 0 aliphatic carbocycles. The molecule has 2 N–H and O–H groups in total. The van der Waals surface area contributed by atoms with E-state index in [2.05, 4.69) is 0 Å². The van der Waals surface area contributed by atoms with Crippen LogP contribution in [0.25, 0.3) is 0 Å². The maximum absolute atomic E-state index is 5.50. The van der Waals surface area contributed by atoms with Crippen molar-refractivity contribution < 1.29 is 4.74 Å². The van der Waals surface area contributed by atoms with E-state index in [4.69, 9.17) is 10.5 Å². The van der Waals surface area contributed by atoms with Crippen LogP contribution < -0.4 is 5.73 Å². The molecule has 0 fully saturated rings. The van der Waals surface area contributed by atoms with Gasteiger partial charge in [0.15, 0.2) is 0 Å². The van der Waals surface area contributed by atoms with Crippen molar-refractivity contribution in [3.05, 3.63) is 0 Å². The molecule has 0 aromatic heterocycles. The molecule has 0 spiro atoms. The smallest absolute Gasteiger partial charge is 0.0694 e. The summed E-state index contributed by atoms with van der Waals surface area (Å²) in [5.41, 5.74) is 5.50. The van der Waals surface area contributed by atoms with Crippen molar-refractivity contribution in [1.29, 1.82) is 0 Å². The van der Waals surface area contributed by atoms with Crippen LogP contribution in [0.1, 0.15) is 20.8 Å². The Morgan fingerprint density at radius 3 is 2.12 bits per heavy atom. The second kappa shape index (κ2) is 3.87. The number of hydrogen-bond acceptors (Lipinski definition) is 2. The van der Waals surface area contributed by atoms with Crippen molar-refractivity contribution in [2.45, 2.75) is 32.9 Å². The van der Waals surface area contributed by atoms with E-state index in [0.717, 1.165) is 6.61 Å². The molecule has 0 saturated heterocycles. The molecule has 0 heterocycles. The highest BCUT2D eigenvalue weighted by Crippen LogP contribution is 1.92. The summed E-state index contributed by atoms with van der Waals surface area (Å²) in [6.45, 7) is 6.65. The van der Waals surface area contributed by atoms with Gasteiger partial charge >= 0.3 is 0 Å². The van der Waals surface area contributed by atoms with Gasteiger partial charge in [0.25, 0.3) is 0 Å². The van der Waals surface area contributed by atoms with Crippen molar-refractivity contribution in [2.24, 2.45) is 5.73 Å². The van der Waals surface area contributed by atoms with Crippen molar-refractivity contribution >= 4 is 0 Å². The van der Waals surface area contributed by atoms with E-state index < -0.39 is 0 Å².